The molecule has 0 fully saturated rings. The van der Waals surface area contributed by atoms with Gasteiger partial charge in [-0.1, -0.05) is 12.1 Å². The lowest BCUT2D eigenvalue weighted by atomic mass is 10.1. The Morgan fingerprint density at radius 2 is 2.26 bits per heavy atom. The van der Waals surface area contributed by atoms with Crippen molar-refractivity contribution in [2.75, 3.05) is 0 Å². The monoisotopic (exact) mass is 338 g/mol. The van der Waals surface area contributed by atoms with Crippen molar-refractivity contribution in [3.05, 3.63) is 46.2 Å². The van der Waals surface area contributed by atoms with E-state index in [2.05, 4.69) is 15.5 Å². The van der Waals surface area contributed by atoms with E-state index in [0.29, 0.717) is 16.2 Å². The molecule has 3 N–H and O–H groups in total. The van der Waals surface area contributed by atoms with Crippen molar-refractivity contribution in [1.82, 2.24) is 20.1 Å². The lowest BCUT2D eigenvalue weighted by Gasteiger charge is -2.13. The summed E-state index contributed by atoms with van der Waals surface area (Å²) >= 11 is 5.13. The summed E-state index contributed by atoms with van der Waals surface area (Å²) in [5.41, 5.74) is 0.366. The summed E-state index contributed by atoms with van der Waals surface area (Å²) in [6, 6.07) is 5.68. The summed E-state index contributed by atoms with van der Waals surface area (Å²) in [6.45, 7) is 4.12. The molecule has 0 radical (unpaired) electrons. The van der Waals surface area contributed by atoms with E-state index in [1.165, 1.54) is 18.2 Å². The maximum Gasteiger partial charge on any atom is 0.223 e. The molecule has 0 aliphatic carbocycles. The van der Waals surface area contributed by atoms with E-state index in [-0.39, 0.29) is 24.9 Å². The number of aliphatic hydroxyl groups is 1. The summed E-state index contributed by atoms with van der Waals surface area (Å²) in [4.78, 5) is 11.9. The number of aromatic nitrogens is 3. The molecule has 8 heteroatoms. The van der Waals surface area contributed by atoms with Crippen LogP contribution in [-0.4, -0.2) is 25.8 Å². The van der Waals surface area contributed by atoms with Crippen LogP contribution in [-0.2, 0) is 11.3 Å². The van der Waals surface area contributed by atoms with Crippen molar-refractivity contribution in [3.8, 4) is 0 Å². The van der Waals surface area contributed by atoms with Crippen LogP contribution >= 0.6 is 12.2 Å². The molecule has 0 saturated carbocycles. The van der Waals surface area contributed by atoms with Crippen LogP contribution in [0.1, 0.15) is 43.8 Å². The van der Waals surface area contributed by atoms with Gasteiger partial charge in [-0.05, 0) is 43.8 Å². The van der Waals surface area contributed by atoms with Gasteiger partial charge in [-0.2, -0.15) is 5.10 Å². The number of H-pyrrole nitrogens is 1. The summed E-state index contributed by atoms with van der Waals surface area (Å²) < 4.78 is 15.4. The van der Waals surface area contributed by atoms with Crippen LogP contribution in [0.3, 0.4) is 0 Å². The smallest absolute Gasteiger partial charge is 0.223 e. The zero-order valence-corrected chi connectivity index (χ0v) is 13.7. The Kier molecular flexibility index (Phi) is 5.62. The first kappa shape index (κ1) is 17.3. The summed E-state index contributed by atoms with van der Waals surface area (Å²) in [7, 11) is 0. The number of halogens is 1. The number of amides is 1. The summed E-state index contributed by atoms with van der Waals surface area (Å²) in [6.07, 6.45) is -1.22. The Hall–Kier alpha value is -2.06. The van der Waals surface area contributed by atoms with Crippen LogP contribution < -0.4 is 5.32 Å². The average Bonchev–Trinajstić information content (AvgIpc) is 2.86. The molecule has 6 nitrogen and oxygen atoms in total. The fourth-order valence-corrected chi connectivity index (χ4v) is 2.61. The number of carbonyl (C=O) groups excluding carboxylic acids is 1. The van der Waals surface area contributed by atoms with Crippen molar-refractivity contribution in [2.24, 2.45) is 0 Å². The van der Waals surface area contributed by atoms with E-state index >= 15 is 0 Å². The topological polar surface area (TPSA) is 82.9 Å². The SMILES string of the molecule is CC(C)n1c(CNC(=O)CC(O)c2cccc(F)c2)n[nH]c1=S. The van der Waals surface area contributed by atoms with Gasteiger partial charge in [0, 0.05) is 6.04 Å². The molecule has 0 spiro atoms. The van der Waals surface area contributed by atoms with Gasteiger partial charge in [0.25, 0.3) is 0 Å². The molecular formula is C15H19FN4O2S. The Balaban J connectivity index is 1.94. The van der Waals surface area contributed by atoms with Gasteiger partial charge in [0.15, 0.2) is 10.6 Å². The van der Waals surface area contributed by atoms with Gasteiger partial charge in [-0.25, -0.2) is 4.39 Å². The number of hydrogen-bond donors (Lipinski definition) is 3. The Morgan fingerprint density at radius 3 is 2.91 bits per heavy atom. The molecule has 2 rings (SSSR count). The van der Waals surface area contributed by atoms with Crippen molar-refractivity contribution < 1.29 is 14.3 Å². The Morgan fingerprint density at radius 1 is 1.52 bits per heavy atom. The number of aromatic amines is 1. The molecule has 0 saturated heterocycles. The zero-order chi connectivity index (χ0) is 17.0. The fraction of sp³-hybridized carbons (Fsp3) is 0.400. The second kappa shape index (κ2) is 7.47. The van der Waals surface area contributed by atoms with Gasteiger partial charge in [0.05, 0.1) is 19.1 Å². The number of nitrogens with zero attached hydrogens (tertiary/aromatic N) is 2. The van der Waals surface area contributed by atoms with Gasteiger partial charge in [0.1, 0.15) is 5.82 Å². The van der Waals surface area contributed by atoms with Gasteiger partial charge >= 0.3 is 0 Å². The van der Waals surface area contributed by atoms with Crippen LogP contribution in [0.4, 0.5) is 4.39 Å². The standard InChI is InChI=1S/C15H19FN4O2S/c1-9(2)20-13(18-19-15(20)23)8-17-14(22)7-12(21)10-4-3-5-11(16)6-10/h3-6,9,12,21H,7-8H2,1-2H3,(H,17,22)(H,19,23). The number of hydrogen-bond acceptors (Lipinski definition) is 4. The minimum Gasteiger partial charge on any atom is -0.388 e. The van der Waals surface area contributed by atoms with Crippen molar-refractivity contribution in [3.63, 3.8) is 0 Å². The molecule has 1 atom stereocenters. The van der Waals surface area contributed by atoms with Crippen molar-refractivity contribution in [2.45, 2.75) is 39.0 Å². The third-order valence-corrected chi connectivity index (χ3v) is 3.64. The molecule has 23 heavy (non-hydrogen) atoms. The highest BCUT2D eigenvalue weighted by Crippen LogP contribution is 2.17. The van der Waals surface area contributed by atoms with E-state index in [1.54, 1.807) is 10.6 Å². The van der Waals surface area contributed by atoms with Crippen LogP contribution in [0.5, 0.6) is 0 Å². The molecule has 1 unspecified atom stereocenters. The van der Waals surface area contributed by atoms with Crippen LogP contribution in [0.15, 0.2) is 24.3 Å². The quantitative estimate of drug-likeness (QED) is 0.706. The molecule has 2 aromatic rings. The molecule has 0 bridgehead atoms. The lowest BCUT2D eigenvalue weighted by Crippen LogP contribution is -2.26. The molecule has 1 heterocycles. The normalized spacial score (nSPS) is 12.4. The predicted molar refractivity (Wildman–Crippen MR) is 85.6 cm³/mol. The van der Waals surface area contributed by atoms with Crippen molar-refractivity contribution >= 4 is 18.1 Å². The van der Waals surface area contributed by atoms with E-state index in [4.69, 9.17) is 12.2 Å². The highest BCUT2D eigenvalue weighted by molar-refractivity contribution is 7.71. The molecule has 0 aliphatic rings. The third-order valence-electron chi connectivity index (χ3n) is 3.35. The number of carbonyl (C=O) groups is 1. The van der Waals surface area contributed by atoms with Gasteiger partial charge < -0.3 is 15.0 Å². The summed E-state index contributed by atoms with van der Waals surface area (Å²) in [5, 5.41) is 19.4. The van der Waals surface area contributed by atoms with E-state index < -0.39 is 11.9 Å². The lowest BCUT2D eigenvalue weighted by molar-refractivity contribution is -0.123. The third kappa shape index (κ3) is 4.46. The predicted octanol–water partition coefficient (Wildman–Crippen LogP) is 2.40. The first-order chi connectivity index (χ1) is 10.9. The maximum atomic E-state index is 13.1. The Bertz CT molecular complexity index is 741. The minimum absolute atomic E-state index is 0.117. The molecule has 1 aromatic carbocycles. The molecule has 1 amide bonds. The molecule has 1 aromatic heterocycles. The zero-order valence-electron chi connectivity index (χ0n) is 12.9. The molecule has 124 valence electrons. The highest BCUT2D eigenvalue weighted by Gasteiger charge is 2.15. The highest BCUT2D eigenvalue weighted by atomic mass is 32.1. The van der Waals surface area contributed by atoms with E-state index in [1.807, 2.05) is 13.8 Å². The van der Waals surface area contributed by atoms with E-state index in [0.717, 1.165) is 0 Å². The number of rotatable bonds is 6. The number of aliphatic hydroxyl groups excluding tert-OH is 1. The second-order valence-electron chi connectivity index (χ2n) is 5.46. The first-order valence-corrected chi connectivity index (χ1v) is 7.65. The molecular weight excluding hydrogens is 319 g/mol. The van der Waals surface area contributed by atoms with Crippen LogP contribution in [0.2, 0.25) is 0 Å². The Labute approximate surface area is 138 Å². The van der Waals surface area contributed by atoms with Gasteiger partial charge in [-0.15, -0.1) is 0 Å². The van der Waals surface area contributed by atoms with Crippen LogP contribution in [0, 0.1) is 10.6 Å². The van der Waals surface area contributed by atoms with Crippen molar-refractivity contribution in [1.29, 1.82) is 0 Å². The average molecular weight is 338 g/mol. The number of nitrogens with one attached hydrogen (secondary N) is 2. The fourth-order valence-electron chi connectivity index (χ4n) is 2.25. The first-order valence-electron chi connectivity index (χ1n) is 7.24. The molecule has 0 aliphatic heterocycles. The van der Waals surface area contributed by atoms with Gasteiger partial charge in [0.2, 0.25) is 5.91 Å². The largest absolute Gasteiger partial charge is 0.388 e. The van der Waals surface area contributed by atoms with E-state index in [9.17, 15) is 14.3 Å². The van der Waals surface area contributed by atoms with Crippen LogP contribution in [0.25, 0.3) is 0 Å². The number of benzene rings is 1. The van der Waals surface area contributed by atoms with Gasteiger partial charge in [-0.3, -0.25) is 9.89 Å². The second-order valence-corrected chi connectivity index (χ2v) is 5.85. The summed E-state index contributed by atoms with van der Waals surface area (Å²) in [5.74, 6) is -0.195. The minimum atomic E-state index is -1.06. The maximum absolute atomic E-state index is 13.1.